The van der Waals surface area contributed by atoms with E-state index < -0.39 is 0 Å². The Morgan fingerprint density at radius 2 is 2.47 bits per heavy atom. The summed E-state index contributed by atoms with van der Waals surface area (Å²) in [6, 6.07) is 0. The van der Waals surface area contributed by atoms with Gasteiger partial charge in [0.25, 0.3) is 0 Å². The maximum absolute atomic E-state index is 11.0. The van der Waals surface area contributed by atoms with E-state index in [1.165, 1.54) is 0 Å². The zero-order valence-corrected chi connectivity index (χ0v) is 9.10. The fourth-order valence-corrected chi connectivity index (χ4v) is 1.18. The predicted octanol–water partition coefficient (Wildman–Crippen LogP) is -0.857. The van der Waals surface area contributed by atoms with Crippen molar-refractivity contribution in [3.63, 3.8) is 0 Å². The van der Waals surface area contributed by atoms with E-state index in [2.05, 4.69) is 10.4 Å². The molecule has 1 rings (SSSR count). The number of rotatable bonds is 5. The molecule has 1 heterocycles. The van der Waals surface area contributed by atoms with Crippen LogP contribution in [0.3, 0.4) is 0 Å². The van der Waals surface area contributed by atoms with Gasteiger partial charge in [0.2, 0.25) is 5.91 Å². The molecule has 15 heavy (non-hydrogen) atoms. The van der Waals surface area contributed by atoms with Crippen LogP contribution in [0.25, 0.3) is 0 Å². The Hall–Kier alpha value is -1.56. The molecule has 84 valence electrons. The van der Waals surface area contributed by atoms with Gasteiger partial charge in [0.15, 0.2) is 0 Å². The lowest BCUT2D eigenvalue weighted by Gasteiger charge is -2.14. The van der Waals surface area contributed by atoms with Crippen molar-refractivity contribution in [2.24, 2.45) is 0 Å². The molecule has 0 saturated heterocycles. The van der Waals surface area contributed by atoms with Crippen LogP contribution >= 0.6 is 0 Å². The van der Waals surface area contributed by atoms with Crippen LogP contribution in [0.4, 0.5) is 5.69 Å². The minimum atomic E-state index is 0.0116. The SMILES string of the molecule is CNC(=O)CN(C)CCn1cc(N)cn1. The highest BCUT2D eigenvalue weighted by Crippen LogP contribution is 1.97. The van der Waals surface area contributed by atoms with Crippen LogP contribution in [0, 0.1) is 0 Å². The van der Waals surface area contributed by atoms with Crippen LogP contribution in [-0.4, -0.2) is 47.8 Å². The van der Waals surface area contributed by atoms with Gasteiger partial charge in [0.05, 0.1) is 25.0 Å². The van der Waals surface area contributed by atoms with Crippen LogP contribution in [0.1, 0.15) is 0 Å². The number of likely N-dealkylation sites (N-methyl/N-ethyl adjacent to an activating group) is 2. The lowest BCUT2D eigenvalue weighted by Crippen LogP contribution is -2.34. The summed E-state index contributed by atoms with van der Waals surface area (Å²) in [6.45, 7) is 1.88. The zero-order chi connectivity index (χ0) is 11.3. The summed E-state index contributed by atoms with van der Waals surface area (Å²) in [5.41, 5.74) is 6.18. The molecule has 0 fully saturated rings. The van der Waals surface area contributed by atoms with E-state index in [9.17, 15) is 4.79 Å². The largest absolute Gasteiger partial charge is 0.396 e. The molecule has 0 saturated carbocycles. The van der Waals surface area contributed by atoms with E-state index in [4.69, 9.17) is 5.73 Å². The minimum Gasteiger partial charge on any atom is -0.396 e. The van der Waals surface area contributed by atoms with E-state index in [0.29, 0.717) is 12.2 Å². The summed E-state index contributed by atoms with van der Waals surface area (Å²) >= 11 is 0. The van der Waals surface area contributed by atoms with Gasteiger partial charge in [-0.05, 0) is 7.05 Å². The molecule has 0 radical (unpaired) electrons. The molecule has 0 aromatic carbocycles. The zero-order valence-electron chi connectivity index (χ0n) is 9.10. The highest BCUT2D eigenvalue weighted by Gasteiger charge is 2.04. The number of hydrogen-bond acceptors (Lipinski definition) is 4. The molecule has 0 aliphatic rings. The molecular formula is C9H17N5O. The second kappa shape index (κ2) is 5.35. The van der Waals surface area contributed by atoms with Crippen LogP contribution in [0.2, 0.25) is 0 Å². The molecular weight excluding hydrogens is 194 g/mol. The van der Waals surface area contributed by atoms with Crippen molar-refractivity contribution >= 4 is 11.6 Å². The first-order chi connectivity index (χ1) is 7.11. The van der Waals surface area contributed by atoms with E-state index in [1.54, 1.807) is 24.1 Å². The van der Waals surface area contributed by atoms with E-state index in [1.807, 2.05) is 11.9 Å². The average molecular weight is 211 g/mol. The summed E-state index contributed by atoms with van der Waals surface area (Å²) in [5, 5.41) is 6.63. The lowest BCUT2D eigenvalue weighted by molar-refractivity contribution is -0.121. The number of carbonyl (C=O) groups excluding carboxylic acids is 1. The maximum atomic E-state index is 11.0. The topological polar surface area (TPSA) is 76.2 Å². The van der Waals surface area contributed by atoms with Gasteiger partial charge in [-0.2, -0.15) is 5.10 Å². The number of nitrogens with one attached hydrogen (secondary N) is 1. The number of hydrogen-bond donors (Lipinski definition) is 2. The van der Waals surface area contributed by atoms with E-state index in [-0.39, 0.29) is 5.91 Å². The number of nitrogens with two attached hydrogens (primary N) is 1. The highest BCUT2D eigenvalue weighted by atomic mass is 16.1. The normalized spacial score (nSPS) is 10.6. The molecule has 0 bridgehead atoms. The van der Waals surface area contributed by atoms with Crippen molar-refractivity contribution in [3.8, 4) is 0 Å². The molecule has 3 N–H and O–H groups in total. The van der Waals surface area contributed by atoms with E-state index in [0.717, 1.165) is 13.1 Å². The first-order valence-electron chi connectivity index (χ1n) is 4.79. The summed E-state index contributed by atoms with van der Waals surface area (Å²) < 4.78 is 1.76. The van der Waals surface area contributed by atoms with Crippen LogP contribution in [0.5, 0.6) is 0 Å². The fraction of sp³-hybridized carbons (Fsp3) is 0.556. The van der Waals surface area contributed by atoms with Gasteiger partial charge in [-0.3, -0.25) is 14.4 Å². The molecule has 0 aliphatic carbocycles. The third kappa shape index (κ3) is 3.99. The van der Waals surface area contributed by atoms with E-state index >= 15 is 0 Å². The third-order valence-corrected chi connectivity index (χ3v) is 2.06. The Balaban J connectivity index is 2.28. The Bertz CT molecular complexity index is 322. The van der Waals surface area contributed by atoms with Crippen molar-refractivity contribution in [3.05, 3.63) is 12.4 Å². The van der Waals surface area contributed by atoms with Crippen molar-refractivity contribution in [2.45, 2.75) is 6.54 Å². The smallest absolute Gasteiger partial charge is 0.233 e. The molecule has 0 atom stereocenters. The summed E-state index contributed by atoms with van der Waals surface area (Å²) in [6.07, 6.45) is 3.38. The number of carbonyl (C=O) groups is 1. The summed E-state index contributed by atoms with van der Waals surface area (Å²) in [4.78, 5) is 13.0. The molecule has 1 aromatic heterocycles. The van der Waals surface area contributed by atoms with Gasteiger partial charge in [-0.1, -0.05) is 0 Å². The minimum absolute atomic E-state index is 0.0116. The van der Waals surface area contributed by atoms with Crippen molar-refractivity contribution < 1.29 is 4.79 Å². The number of amides is 1. The summed E-state index contributed by atoms with van der Waals surface area (Å²) in [5.74, 6) is 0.0116. The second-order valence-electron chi connectivity index (χ2n) is 3.45. The Labute approximate surface area is 89.0 Å². The van der Waals surface area contributed by atoms with Gasteiger partial charge in [-0.15, -0.1) is 0 Å². The third-order valence-electron chi connectivity index (χ3n) is 2.06. The first-order valence-corrected chi connectivity index (χ1v) is 4.79. The molecule has 6 nitrogen and oxygen atoms in total. The monoisotopic (exact) mass is 211 g/mol. The van der Waals surface area contributed by atoms with Crippen LogP contribution in [-0.2, 0) is 11.3 Å². The molecule has 0 aliphatic heterocycles. The van der Waals surface area contributed by atoms with Crippen molar-refractivity contribution in [1.29, 1.82) is 0 Å². The van der Waals surface area contributed by atoms with Gasteiger partial charge < -0.3 is 11.1 Å². The molecule has 0 unspecified atom stereocenters. The van der Waals surface area contributed by atoms with Crippen LogP contribution in [0.15, 0.2) is 12.4 Å². The Kier molecular flexibility index (Phi) is 4.11. The Morgan fingerprint density at radius 3 is 3.00 bits per heavy atom. The molecule has 0 spiro atoms. The van der Waals surface area contributed by atoms with Gasteiger partial charge in [-0.25, -0.2) is 0 Å². The van der Waals surface area contributed by atoms with Gasteiger partial charge >= 0.3 is 0 Å². The summed E-state index contributed by atoms with van der Waals surface area (Å²) in [7, 11) is 3.52. The van der Waals surface area contributed by atoms with Gasteiger partial charge in [0, 0.05) is 19.8 Å². The maximum Gasteiger partial charge on any atom is 0.233 e. The fourth-order valence-electron chi connectivity index (χ4n) is 1.18. The molecule has 1 aromatic rings. The molecule has 1 amide bonds. The quantitative estimate of drug-likeness (QED) is 0.664. The lowest BCUT2D eigenvalue weighted by atomic mass is 10.5. The Morgan fingerprint density at radius 1 is 1.73 bits per heavy atom. The number of anilines is 1. The number of nitrogen functional groups attached to an aromatic ring is 1. The predicted molar refractivity (Wildman–Crippen MR) is 58.2 cm³/mol. The highest BCUT2D eigenvalue weighted by molar-refractivity contribution is 5.77. The standard InChI is InChI=1S/C9H17N5O/c1-11-9(15)7-13(2)3-4-14-6-8(10)5-12-14/h5-6H,3-4,7,10H2,1-2H3,(H,11,15). The number of nitrogens with zero attached hydrogens (tertiary/aromatic N) is 3. The molecule has 6 heteroatoms. The van der Waals surface area contributed by atoms with Crippen molar-refractivity contribution in [2.75, 3.05) is 32.9 Å². The average Bonchev–Trinajstić information content (AvgIpc) is 2.61. The first kappa shape index (κ1) is 11.5. The number of aromatic nitrogens is 2. The van der Waals surface area contributed by atoms with Crippen LogP contribution < -0.4 is 11.1 Å². The second-order valence-corrected chi connectivity index (χ2v) is 3.45. The van der Waals surface area contributed by atoms with Gasteiger partial charge in [0.1, 0.15) is 0 Å². The van der Waals surface area contributed by atoms with Crippen molar-refractivity contribution in [1.82, 2.24) is 20.0 Å².